The lowest BCUT2D eigenvalue weighted by atomic mass is 10.0. The second-order valence-electron chi connectivity index (χ2n) is 5.91. The molecule has 0 spiro atoms. The standard InChI is InChI=1S/C16H27N3.2ClH/c1-14(17)12-18(2)16-8-10-19(11-9-16)13-15-6-4-3-5-7-15;;/h3-7,14,16H,8-13,17H2,1-2H3;2*1H. The highest BCUT2D eigenvalue weighted by molar-refractivity contribution is 5.85. The quantitative estimate of drug-likeness (QED) is 0.899. The number of likely N-dealkylation sites (N-methyl/N-ethyl adjacent to an activating group) is 1. The fourth-order valence-electron chi connectivity index (χ4n) is 2.96. The lowest BCUT2D eigenvalue weighted by Crippen LogP contribution is -2.46. The predicted molar refractivity (Wildman–Crippen MR) is 95.5 cm³/mol. The van der Waals surface area contributed by atoms with Crippen molar-refractivity contribution in [3.8, 4) is 0 Å². The maximum atomic E-state index is 5.88. The number of likely N-dealkylation sites (tertiary alicyclic amines) is 1. The van der Waals surface area contributed by atoms with Crippen molar-refractivity contribution in [2.45, 2.75) is 38.4 Å². The third-order valence-electron chi connectivity index (χ3n) is 4.01. The van der Waals surface area contributed by atoms with E-state index in [0.29, 0.717) is 6.04 Å². The first-order valence-corrected chi connectivity index (χ1v) is 7.37. The minimum absolute atomic E-state index is 0. The van der Waals surface area contributed by atoms with E-state index in [9.17, 15) is 0 Å². The van der Waals surface area contributed by atoms with Crippen molar-refractivity contribution in [2.75, 3.05) is 26.7 Å². The zero-order valence-corrected chi connectivity index (χ0v) is 14.7. The summed E-state index contributed by atoms with van der Waals surface area (Å²) in [5.74, 6) is 0. The molecule has 1 saturated heterocycles. The third-order valence-corrected chi connectivity index (χ3v) is 4.01. The molecule has 1 unspecified atom stereocenters. The molecule has 122 valence electrons. The topological polar surface area (TPSA) is 32.5 Å². The Kier molecular flexibility index (Phi) is 10.3. The Morgan fingerprint density at radius 1 is 1.19 bits per heavy atom. The Hall–Kier alpha value is -0.320. The fourth-order valence-corrected chi connectivity index (χ4v) is 2.96. The summed E-state index contributed by atoms with van der Waals surface area (Å²) >= 11 is 0. The van der Waals surface area contributed by atoms with Crippen LogP contribution in [0.1, 0.15) is 25.3 Å². The molecule has 21 heavy (non-hydrogen) atoms. The molecule has 5 heteroatoms. The van der Waals surface area contributed by atoms with Crippen molar-refractivity contribution >= 4 is 24.8 Å². The summed E-state index contributed by atoms with van der Waals surface area (Å²) in [5, 5.41) is 0. The maximum Gasteiger partial charge on any atom is 0.0233 e. The summed E-state index contributed by atoms with van der Waals surface area (Å²) in [7, 11) is 2.21. The van der Waals surface area contributed by atoms with Crippen LogP contribution < -0.4 is 5.73 Å². The molecule has 0 radical (unpaired) electrons. The number of hydrogen-bond acceptors (Lipinski definition) is 3. The highest BCUT2D eigenvalue weighted by atomic mass is 35.5. The molecule has 1 aliphatic heterocycles. The zero-order chi connectivity index (χ0) is 13.7. The molecule has 2 N–H and O–H groups in total. The Morgan fingerprint density at radius 3 is 2.29 bits per heavy atom. The van der Waals surface area contributed by atoms with Crippen molar-refractivity contribution in [1.82, 2.24) is 9.80 Å². The van der Waals surface area contributed by atoms with E-state index in [0.717, 1.165) is 13.1 Å². The van der Waals surface area contributed by atoms with Crippen LogP contribution in [-0.4, -0.2) is 48.6 Å². The van der Waals surface area contributed by atoms with Gasteiger partial charge in [0.05, 0.1) is 0 Å². The van der Waals surface area contributed by atoms with Crippen LogP contribution >= 0.6 is 24.8 Å². The average molecular weight is 334 g/mol. The van der Waals surface area contributed by atoms with Gasteiger partial charge in [0.15, 0.2) is 0 Å². The molecule has 1 aromatic rings. The monoisotopic (exact) mass is 333 g/mol. The van der Waals surface area contributed by atoms with E-state index in [2.05, 4.69) is 54.1 Å². The van der Waals surface area contributed by atoms with E-state index in [1.54, 1.807) is 0 Å². The van der Waals surface area contributed by atoms with Crippen molar-refractivity contribution in [3.63, 3.8) is 0 Å². The number of rotatable bonds is 5. The van der Waals surface area contributed by atoms with E-state index >= 15 is 0 Å². The van der Waals surface area contributed by atoms with Crippen molar-refractivity contribution in [1.29, 1.82) is 0 Å². The minimum atomic E-state index is 0. The van der Waals surface area contributed by atoms with Crippen LogP contribution in [0.25, 0.3) is 0 Å². The van der Waals surface area contributed by atoms with Crippen LogP contribution in [0.3, 0.4) is 0 Å². The number of hydrogen-bond donors (Lipinski definition) is 1. The first-order chi connectivity index (χ1) is 9.15. The lowest BCUT2D eigenvalue weighted by molar-refractivity contribution is 0.120. The van der Waals surface area contributed by atoms with Crippen LogP contribution in [-0.2, 0) is 6.54 Å². The van der Waals surface area contributed by atoms with Crippen molar-refractivity contribution < 1.29 is 0 Å². The molecule has 0 aliphatic carbocycles. The molecule has 1 fully saturated rings. The van der Waals surface area contributed by atoms with Crippen LogP contribution in [0.2, 0.25) is 0 Å². The minimum Gasteiger partial charge on any atom is -0.327 e. The van der Waals surface area contributed by atoms with Crippen LogP contribution in [0.5, 0.6) is 0 Å². The largest absolute Gasteiger partial charge is 0.327 e. The zero-order valence-electron chi connectivity index (χ0n) is 13.1. The molecule has 2 rings (SSSR count). The number of nitrogens with zero attached hydrogens (tertiary/aromatic N) is 2. The van der Waals surface area contributed by atoms with E-state index in [4.69, 9.17) is 5.73 Å². The Balaban J connectivity index is 0.00000200. The Morgan fingerprint density at radius 2 is 1.76 bits per heavy atom. The SMILES string of the molecule is CC(N)CN(C)C1CCN(Cc2ccccc2)CC1.Cl.Cl. The van der Waals surface area contributed by atoms with E-state index in [-0.39, 0.29) is 30.9 Å². The van der Waals surface area contributed by atoms with Crippen LogP contribution in [0.4, 0.5) is 0 Å². The van der Waals surface area contributed by atoms with Gasteiger partial charge in [-0.2, -0.15) is 0 Å². The van der Waals surface area contributed by atoms with Gasteiger partial charge in [-0.15, -0.1) is 24.8 Å². The normalized spacial score (nSPS) is 17.9. The van der Waals surface area contributed by atoms with E-state index in [1.807, 2.05) is 0 Å². The van der Waals surface area contributed by atoms with Gasteiger partial charge >= 0.3 is 0 Å². The van der Waals surface area contributed by atoms with Gasteiger partial charge in [0.25, 0.3) is 0 Å². The number of benzene rings is 1. The molecular weight excluding hydrogens is 305 g/mol. The molecule has 0 amide bonds. The van der Waals surface area contributed by atoms with Crippen LogP contribution in [0.15, 0.2) is 30.3 Å². The molecule has 0 bridgehead atoms. The van der Waals surface area contributed by atoms with Gasteiger partial charge in [-0.25, -0.2) is 0 Å². The molecule has 1 aromatic carbocycles. The van der Waals surface area contributed by atoms with Gasteiger partial charge in [-0.1, -0.05) is 30.3 Å². The van der Waals surface area contributed by atoms with Gasteiger partial charge in [-0.05, 0) is 45.5 Å². The first kappa shape index (κ1) is 20.7. The van der Waals surface area contributed by atoms with Gasteiger partial charge in [-0.3, -0.25) is 4.90 Å². The highest BCUT2D eigenvalue weighted by Crippen LogP contribution is 2.17. The van der Waals surface area contributed by atoms with Crippen LogP contribution in [0, 0.1) is 0 Å². The molecule has 0 aromatic heterocycles. The summed E-state index contributed by atoms with van der Waals surface area (Å²) in [6.07, 6.45) is 2.52. The summed E-state index contributed by atoms with van der Waals surface area (Å²) < 4.78 is 0. The number of nitrogens with two attached hydrogens (primary N) is 1. The van der Waals surface area contributed by atoms with E-state index in [1.165, 1.54) is 31.5 Å². The smallest absolute Gasteiger partial charge is 0.0233 e. The van der Waals surface area contributed by atoms with Gasteiger partial charge in [0, 0.05) is 25.2 Å². The molecule has 3 nitrogen and oxygen atoms in total. The van der Waals surface area contributed by atoms with Gasteiger partial charge in [0.2, 0.25) is 0 Å². The van der Waals surface area contributed by atoms with E-state index < -0.39 is 0 Å². The predicted octanol–water partition coefficient (Wildman–Crippen LogP) is 2.77. The number of halogens is 2. The molecule has 1 heterocycles. The van der Waals surface area contributed by atoms with Crippen molar-refractivity contribution in [3.05, 3.63) is 35.9 Å². The third kappa shape index (κ3) is 6.98. The lowest BCUT2D eigenvalue weighted by Gasteiger charge is -2.37. The summed E-state index contributed by atoms with van der Waals surface area (Å²) in [5.41, 5.74) is 7.30. The van der Waals surface area contributed by atoms with Crippen molar-refractivity contribution in [2.24, 2.45) is 5.73 Å². The highest BCUT2D eigenvalue weighted by Gasteiger charge is 2.22. The second kappa shape index (κ2) is 10.4. The Labute approximate surface area is 141 Å². The average Bonchev–Trinajstić information content (AvgIpc) is 2.40. The molecule has 1 atom stereocenters. The van der Waals surface area contributed by atoms with Gasteiger partial charge < -0.3 is 10.6 Å². The second-order valence-corrected chi connectivity index (χ2v) is 5.91. The summed E-state index contributed by atoms with van der Waals surface area (Å²) in [6.45, 7) is 6.57. The molecular formula is C16H29Cl2N3. The summed E-state index contributed by atoms with van der Waals surface area (Å²) in [4.78, 5) is 5.00. The fraction of sp³-hybridized carbons (Fsp3) is 0.625. The molecule has 0 saturated carbocycles. The number of piperidine rings is 1. The maximum absolute atomic E-state index is 5.88. The summed E-state index contributed by atoms with van der Waals surface area (Å²) in [6, 6.07) is 11.7. The van der Waals surface area contributed by atoms with Gasteiger partial charge in [0.1, 0.15) is 0 Å². The Bertz CT molecular complexity index is 365. The first-order valence-electron chi connectivity index (χ1n) is 7.37. The molecule has 1 aliphatic rings.